The van der Waals surface area contributed by atoms with E-state index in [4.69, 9.17) is 14.2 Å². The van der Waals surface area contributed by atoms with Gasteiger partial charge in [-0.15, -0.1) is 0 Å². The van der Waals surface area contributed by atoms with Gasteiger partial charge in [0.2, 0.25) is 0 Å². The number of benzene rings is 10. The minimum absolute atomic E-state index is 0.152. The Balaban J connectivity index is 1.09. The molecule has 0 aliphatic carbocycles. The van der Waals surface area contributed by atoms with Gasteiger partial charge in [-0.1, -0.05) is 304 Å². The number of ether oxygens (including phenoxy) is 3. The molecule has 0 atom stereocenters. The molecule has 10 aromatic carbocycles. The molecule has 0 amide bonds. The van der Waals surface area contributed by atoms with Crippen LogP contribution in [0.15, 0.2) is 164 Å². The summed E-state index contributed by atoms with van der Waals surface area (Å²) in [6.45, 7) is 83.9. The summed E-state index contributed by atoms with van der Waals surface area (Å²) in [6.07, 6.45) is 0. The molecule has 0 N–H and O–H groups in total. The molecule has 0 unspecified atom stereocenters. The van der Waals surface area contributed by atoms with Gasteiger partial charge in [0.1, 0.15) is 34.5 Å². The van der Waals surface area contributed by atoms with Crippen molar-refractivity contribution in [2.75, 3.05) is 14.7 Å². The normalized spacial score (nSPS) is 14.5. The van der Waals surface area contributed by atoms with Crippen molar-refractivity contribution in [1.29, 1.82) is 0 Å². The Morgan fingerprint density at radius 3 is 0.741 bits per heavy atom. The van der Waals surface area contributed by atoms with E-state index in [-0.39, 0.29) is 78.4 Å². The maximum atomic E-state index is 8.11. The first kappa shape index (κ1) is 83.6. The first-order chi connectivity index (χ1) is 53.0. The van der Waals surface area contributed by atoms with Crippen LogP contribution >= 0.6 is 0 Å². The lowest BCUT2D eigenvalue weighted by atomic mass is 9.32. The van der Waals surface area contributed by atoms with Gasteiger partial charge >= 0.3 is 0 Å². The van der Waals surface area contributed by atoms with Crippen LogP contribution in [0, 0.1) is 0 Å². The summed E-state index contributed by atoms with van der Waals surface area (Å²) in [5.41, 5.74) is 29.6. The van der Waals surface area contributed by atoms with Crippen LogP contribution in [0.1, 0.15) is 316 Å². The zero-order valence-electron chi connectivity index (χ0n) is 77.8. The van der Waals surface area contributed by atoms with Crippen LogP contribution in [0.25, 0.3) is 0 Å². The number of rotatable bonds is 7. The van der Waals surface area contributed by atoms with E-state index in [0.717, 1.165) is 113 Å². The molecule has 10 aromatic rings. The van der Waals surface area contributed by atoms with Crippen LogP contribution in [-0.4, -0.2) is 13.4 Å². The van der Waals surface area contributed by atoms with Gasteiger partial charge < -0.3 is 28.9 Å². The zero-order chi connectivity index (χ0) is 85.2. The summed E-state index contributed by atoms with van der Waals surface area (Å²) < 4.78 is 23.6. The number of nitrogens with zero attached hydrogens (tertiary/aromatic N) is 3. The highest BCUT2D eigenvalue weighted by Gasteiger charge is 2.48. The highest BCUT2D eigenvalue weighted by atomic mass is 16.5. The van der Waals surface area contributed by atoms with Gasteiger partial charge in [-0.3, -0.25) is 0 Å². The molecule has 8 heteroatoms. The van der Waals surface area contributed by atoms with Gasteiger partial charge in [0.25, 0.3) is 13.4 Å². The van der Waals surface area contributed by atoms with E-state index in [1.165, 1.54) is 72.2 Å². The summed E-state index contributed by atoms with van der Waals surface area (Å²) in [5, 5.41) is 0. The van der Waals surface area contributed by atoms with Crippen LogP contribution in [-0.2, 0) is 65.0 Å². The van der Waals surface area contributed by atoms with E-state index in [1.54, 1.807) is 0 Å². The molecule has 0 saturated heterocycles. The number of hydrogen-bond acceptors (Lipinski definition) is 6. The van der Waals surface area contributed by atoms with Gasteiger partial charge in [-0.05, 0) is 250 Å². The van der Waals surface area contributed by atoms with Crippen LogP contribution in [0.2, 0.25) is 0 Å². The second-order valence-electron chi connectivity index (χ2n) is 47.2. The fraction of sp³-hybridized carbons (Fsp3) is 0.444. The molecular formula is C108H135B2N3O3. The topological polar surface area (TPSA) is 37.4 Å². The molecule has 0 fully saturated rings. The largest absolute Gasteiger partial charge is 0.458 e. The quantitative estimate of drug-likeness (QED) is 0.148. The molecule has 4 aliphatic rings. The van der Waals surface area contributed by atoms with Crippen molar-refractivity contribution < 1.29 is 14.2 Å². The van der Waals surface area contributed by atoms with Crippen molar-refractivity contribution in [1.82, 2.24) is 0 Å². The lowest BCUT2D eigenvalue weighted by Crippen LogP contribution is -2.61. The molecule has 4 aliphatic heterocycles. The zero-order valence-corrected chi connectivity index (χ0v) is 77.8. The lowest BCUT2D eigenvalue weighted by molar-refractivity contribution is 0.460. The van der Waals surface area contributed by atoms with Gasteiger partial charge in [0, 0.05) is 63.5 Å². The van der Waals surface area contributed by atoms with Crippen LogP contribution in [0.4, 0.5) is 51.2 Å². The average Bonchev–Trinajstić information content (AvgIpc) is 0.693. The van der Waals surface area contributed by atoms with Crippen molar-refractivity contribution in [3.63, 3.8) is 0 Å². The predicted octanol–water partition coefficient (Wildman–Crippen LogP) is 27.3. The van der Waals surface area contributed by atoms with E-state index in [9.17, 15) is 0 Å². The van der Waals surface area contributed by atoms with Crippen molar-refractivity contribution in [3.05, 3.63) is 231 Å². The Morgan fingerprint density at radius 1 is 0.198 bits per heavy atom. The van der Waals surface area contributed by atoms with Gasteiger partial charge in [-0.25, -0.2) is 0 Å². The SMILES string of the molecule is CC(C)(C)c1cc(N(c2cc(C(C)(C)C)cc(C(C)(C)C)c2)c2cc3c4c(c2)Oc2cc5c(cc2B4c2ccc(C(C)(C)C)cc2O3)Oc2cc(N(c3cc(C(C)(C)C)cc(C(C)(C)C)c3)c3cc(C(C)(C)C)cc(C(C)(C)C)c3)cc3c2B5c2ccc(C(C)(C)C)cc2N3c2cc(C(C)(C)C)cc(C(C)(C)C)c2)cc(C(C)(C)C)c1. The second-order valence-corrected chi connectivity index (χ2v) is 47.2. The Kier molecular flexibility index (Phi) is 19.7. The van der Waals surface area contributed by atoms with Crippen molar-refractivity contribution in [3.8, 4) is 34.5 Å². The monoisotopic (exact) mass is 1540 g/mol. The number of hydrogen-bond donors (Lipinski definition) is 0. The first-order valence-electron chi connectivity index (χ1n) is 43.1. The Morgan fingerprint density at radius 2 is 0.440 bits per heavy atom. The molecule has 0 bridgehead atoms. The van der Waals surface area contributed by atoms with E-state index < -0.39 is 0 Å². The molecule has 6 nitrogen and oxygen atoms in total. The van der Waals surface area contributed by atoms with E-state index in [1.807, 2.05) is 0 Å². The van der Waals surface area contributed by atoms with Gasteiger partial charge in [0.05, 0.1) is 11.4 Å². The third-order valence-electron chi connectivity index (χ3n) is 25.1. The van der Waals surface area contributed by atoms with Crippen LogP contribution < -0.4 is 61.7 Å². The third-order valence-corrected chi connectivity index (χ3v) is 25.1. The maximum Gasteiger partial charge on any atom is 0.260 e. The maximum absolute atomic E-state index is 8.11. The summed E-state index contributed by atoms with van der Waals surface area (Å²) in [6, 6.07) is 65.5. The molecule has 0 saturated carbocycles. The predicted molar refractivity (Wildman–Crippen MR) is 504 cm³/mol. The third kappa shape index (κ3) is 15.7. The van der Waals surface area contributed by atoms with Crippen molar-refractivity contribution >= 4 is 97.4 Å². The number of fused-ring (bicyclic) bond motifs is 8. The fourth-order valence-electron chi connectivity index (χ4n) is 17.1. The summed E-state index contributed by atoms with van der Waals surface area (Å²) in [5.74, 6) is 4.84. The van der Waals surface area contributed by atoms with Crippen LogP contribution in [0.3, 0.4) is 0 Å². The standard InChI is InChI=1S/C108H135B2N3O3/c1-97(2,3)64-37-39-83-87(56-64)113(80-54-74(107(31,32)33)45-75(55-80)108(34,35)36)88-58-81(111(76-46-66(99(7,8)9)41-67(47-76)100(10,11)12)77-48-68(101(13,14)15)42-69(49-77)102(16,17)18)59-92-95(88)109(83)85-62-91-86(63-90(85)115-92)110-84-40-38-65(98(4,5)6)57-89(84)114-93-60-82(61-94(116-91)96(93)110)112(78-50-70(103(19,20)21)43-71(51-78)104(22,23)24)79-52-72(105(25,26)27)44-73(53-79)106(28,29)30/h37-63H,1-36H3. The van der Waals surface area contributed by atoms with E-state index >= 15 is 0 Å². The average molecular weight is 1540 g/mol. The minimum Gasteiger partial charge on any atom is -0.458 e. The summed E-state index contributed by atoms with van der Waals surface area (Å²) in [4.78, 5) is 7.72. The molecule has 116 heavy (non-hydrogen) atoms. The summed E-state index contributed by atoms with van der Waals surface area (Å²) in [7, 11) is 0. The van der Waals surface area contributed by atoms with E-state index in [2.05, 4.69) is 428 Å². The van der Waals surface area contributed by atoms with E-state index in [0.29, 0.717) is 0 Å². The van der Waals surface area contributed by atoms with Crippen molar-refractivity contribution in [2.45, 2.75) is 314 Å². The Labute approximate surface area is 701 Å². The lowest BCUT2D eigenvalue weighted by Gasteiger charge is -2.43. The second kappa shape index (κ2) is 27.3. The van der Waals surface area contributed by atoms with Crippen LogP contribution in [0.5, 0.6) is 34.5 Å². The summed E-state index contributed by atoms with van der Waals surface area (Å²) >= 11 is 0. The smallest absolute Gasteiger partial charge is 0.260 e. The minimum atomic E-state index is -0.295. The van der Waals surface area contributed by atoms with Gasteiger partial charge in [0.15, 0.2) is 0 Å². The molecule has 606 valence electrons. The molecule has 4 heterocycles. The molecule has 0 aromatic heterocycles. The fourth-order valence-corrected chi connectivity index (χ4v) is 17.1. The number of anilines is 9. The molecule has 0 radical (unpaired) electrons. The Bertz CT molecular complexity index is 5290. The molecule has 14 rings (SSSR count). The molecular weight excluding hydrogens is 1410 g/mol. The van der Waals surface area contributed by atoms with Crippen molar-refractivity contribution in [2.24, 2.45) is 0 Å². The highest BCUT2D eigenvalue weighted by Crippen LogP contribution is 2.53. The van der Waals surface area contributed by atoms with Gasteiger partial charge in [-0.2, -0.15) is 0 Å². The Hall–Kier alpha value is -8.87. The molecule has 0 spiro atoms. The first-order valence-corrected chi connectivity index (χ1v) is 43.1. The highest BCUT2D eigenvalue weighted by molar-refractivity contribution is 7.00.